The lowest BCUT2D eigenvalue weighted by Gasteiger charge is -2.07. The summed E-state index contributed by atoms with van der Waals surface area (Å²) in [5.41, 5.74) is 1.64. The molecule has 0 N–H and O–H groups in total. The molecule has 1 atom stereocenters. The van der Waals surface area contributed by atoms with Crippen LogP contribution in [0.2, 0.25) is 0 Å². The lowest BCUT2D eigenvalue weighted by Crippen LogP contribution is -2.13. The highest BCUT2D eigenvalue weighted by Gasteiger charge is 2.28. The van der Waals surface area contributed by atoms with Crippen molar-refractivity contribution in [2.45, 2.75) is 33.2 Å². The molecule has 0 aliphatic heterocycles. The van der Waals surface area contributed by atoms with Crippen LogP contribution in [0.25, 0.3) is 0 Å². The maximum atomic E-state index is 11.8. The SMILES string of the molecule is CC(/C=C\C(C)n1cnc(C)c1)=C/COC(F)(F)F. The maximum absolute atomic E-state index is 11.8. The molecule has 1 aromatic rings. The fraction of sp³-hybridized carbons (Fsp3) is 0.462. The van der Waals surface area contributed by atoms with Crippen LogP contribution >= 0.6 is 0 Å². The van der Waals surface area contributed by atoms with Gasteiger partial charge in [0, 0.05) is 6.20 Å². The average molecular weight is 274 g/mol. The number of aryl methyl sites for hydroxylation is 1. The fourth-order valence-corrected chi connectivity index (χ4v) is 1.39. The Balaban J connectivity index is 2.49. The summed E-state index contributed by atoms with van der Waals surface area (Å²) < 4.78 is 40.9. The Bertz CT molecular complexity index is 461. The van der Waals surface area contributed by atoms with Gasteiger partial charge in [-0.05, 0) is 20.8 Å². The van der Waals surface area contributed by atoms with Crippen molar-refractivity contribution >= 4 is 0 Å². The van der Waals surface area contributed by atoms with Gasteiger partial charge in [0.2, 0.25) is 0 Å². The maximum Gasteiger partial charge on any atom is 0.522 e. The molecular weight excluding hydrogens is 257 g/mol. The highest BCUT2D eigenvalue weighted by molar-refractivity contribution is 5.17. The van der Waals surface area contributed by atoms with Crippen molar-refractivity contribution in [3.8, 4) is 0 Å². The molecule has 0 saturated heterocycles. The quantitative estimate of drug-likeness (QED) is 0.764. The molecule has 0 aliphatic carbocycles. The van der Waals surface area contributed by atoms with Crippen molar-refractivity contribution in [3.63, 3.8) is 0 Å². The van der Waals surface area contributed by atoms with E-state index in [2.05, 4.69) is 9.72 Å². The van der Waals surface area contributed by atoms with Gasteiger partial charge >= 0.3 is 6.36 Å². The molecule has 1 heterocycles. The molecule has 0 saturated carbocycles. The van der Waals surface area contributed by atoms with Gasteiger partial charge in [-0.1, -0.05) is 23.8 Å². The Morgan fingerprint density at radius 2 is 2.21 bits per heavy atom. The van der Waals surface area contributed by atoms with Crippen molar-refractivity contribution in [1.82, 2.24) is 9.55 Å². The standard InChI is InChI=1S/C13H17F3N2O/c1-10(6-7-19-13(14,15)16)4-5-12(3)18-8-11(2)17-9-18/h4-6,8-9,12H,7H2,1-3H3/b5-4-,10-6-. The van der Waals surface area contributed by atoms with Gasteiger partial charge in [0.05, 0.1) is 24.7 Å². The third kappa shape index (κ3) is 6.24. The van der Waals surface area contributed by atoms with E-state index in [1.54, 1.807) is 19.3 Å². The van der Waals surface area contributed by atoms with Crippen molar-refractivity contribution in [2.24, 2.45) is 0 Å². The van der Waals surface area contributed by atoms with Crippen LogP contribution in [0, 0.1) is 6.92 Å². The number of hydrogen-bond acceptors (Lipinski definition) is 2. The monoisotopic (exact) mass is 274 g/mol. The summed E-state index contributed by atoms with van der Waals surface area (Å²) in [7, 11) is 0. The molecule has 0 aliphatic rings. The summed E-state index contributed by atoms with van der Waals surface area (Å²) in [6.07, 6.45) is 4.08. The first kappa shape index (κ1) is 15.5. The predicted octanol–water partition coefficient (Wildman–Crippen LogP) is 3.79. The zero-order chi connectivity index (χ0) is 14.5. The molecule has 0 radical (unpaired) electrons. The van der Waals surface area contributed by atoms with Crippen LogP contribution < -0.4 is 0 Å². The molecule has 0 amide bonds. The van der Waals surface area contributed by atoms with Crippen molar-refractivity contribution < 1.29 is 17.9 Å². The van der Waals surface area contributed by atoms with E-state index in [1.807, 2.05) is 30.7 Å². The van der Waals surface area contributed by atoms with Gasteiger partial charge in [0.1, 0.15) is 0 Å². The molecule has 0 bridgehead atoms. The first-order chi connectivity index (χ1) is 8.78. The van der Waals surface area contributed by atoms with Crippen LogP contribution in [0.1, 0.15) is 25.6 Å². The highest BCUT2D eigenvalue weighted by Crippen LogP contribution is 2.16. The van der Waals surface area contributed by atoms with E-state index in [9.17, 15) is 13.2 Å². The molecular formula is C13H17F3N2O. The Morgan fingerprint density at radius 3 is 2.74 bits per heavy atom. The number of allylic oxidation sites excluding steroid dienone is 3. The molecule has 1 aromatic heterocycles. The van der Waals surface area contributed by atoms with E-state index in [0.717, 1.165) is 5.69 Å². The van der Waals surface area contributed by atoms with Gasteiger partial charge < -0.3 is 4.57 Å². The third-order valence-corrected chi connectivity index (χ3v) is 2.49. The Kier molecular flexibility index (Phi) is 5.35. The molecule has 3 nitrogen and oxygen atoms in total. The molecule has 0 spiro atoms. The van der Waals surface area contributed by atoms with Gasteiger partial charge in [0.25, 0.3) is 0 Å². The first-order valence-electron chi connectivity index (χ1n) is 5.83. The fourth-order valence-electron chi connectivity index (χ4n) is 1.39. The van der Waals surface area contributed by atoms with Gasteiger partial charge in [0.15, 0.2) is 0 Å². The van der Waals surface area contributed by atoms with Gasteiger partial charge in [-0.15, -0.1) is 13.2 Å². The molecule has 0 aromatic carbocycles. The molecule has 0 fully saturated rings. The number of nitrogens with zero attached hydrogens (tertiary/aromatic N) is 2. The van der Waals surface area contributed by atoms with E-state index in [1.165, 1.54) is 6.08 Å². The van der Waals surface area contributed by atoms with Crippen LogP contribution in [0.3, 0.4) is 0 Å². The van der Waals surface area contributed by atoms with Crippen molar-refractivity contribution in [1.29, 1.82) is 0 Å². The summed E-state index contributed by atoms with van der Waals surface area (Å²) in [6, 6.07) is 0.0908. The number of ether oxygens (including phenoxy) is 1. The minimum absolute atomic E-state index is 0.0908. The number of imidazole rings is 1. The molecule has 19 heavy (non-hydrogen) atoms. The molecule has 1 unspecified atom stereocenters. The zero-order valence-electron chi connectivity index (χ0n) is 11.1. The predicted molar refractivity (Wildman–Crippen MR) is 66.6 cm³/mol. The first-order valence-corrected chi connectivity index (χ1v) is 5.83. The summed E-state index contributed by atoms with van der Waals surface area (Å²) >= 11 is 0. The number of alkyl halides is 3. The van der Waals surface area contributed by atoms with E-state index in [4.69, 9.17) is 0 Å². The number of aromatic nitrogens is 2. The summed E-state index contributed by atoms with van der Waals surface area (Å²) in [6.45, 7) is 5.12. The van der Waals surface area contributed by atoms with Gasteiger partial charge in [-0.3, -0.25) is 4.74 Å². The lowest BCUT2D eigenvalue weighted by molar-refractivity contribution is -0.319. The summed E-state index contributed by atoms with van der Waals surface area (Å²) in [5.74, 6) is 0. The van der Waals surface area contributed by atoms with Crippen LogP contribution in [0.5, 0.6) is 0 Å². The van der Waals surface area contributed by atoms with Crippen molar-refractivity contribution in [3.05, 3.63) is 42.0 Å². The largest absolute Gasteiger partial charge is 0.522 e. The van der Waals surface area contributed by atoms with Gasteiger partial charge in [-0.25, -0.2) is 4.98 Å². The number of halogens is 3. The topological polar surface area (TPSA) is 27.1 Å². The summed E-state index contributed by atoms with van der Waals surface area (Å²) in [5, 5.41) is 0. The second-order valence-electron chi connectivity index (χ2n) is 4.27. The van der Waals surface area contributed by atoms with E-state index in [-0.39, 0.29) is 6.04 Å². The second-order valence-corrected chi connectivity index (χ2v) is 4.27. The Hall–Kier alpha value is -1.56. The van der Waals surface area contributed by atoms with Gasteiger partial charge in [-0.2, -0.15) is 0 Å². The van der Waals surface area contributed by atoms with E-state index >= 15 is 0 Å². The number of hydrogen-bond donors (Lipinski definition) is 0. The van der Waals surface area contributed by atoms with Crippen LogP contribution in [0.15, 0.2) is 36.3 Å². The Labute approximate surface area is 110 Å². The van der Waals surface area contributed by atoms with Crippen molar-refractivity contribution in [2.75, 3.05) is 6.61 Å². The zero-order valence-corrected chi connectivity index (χ0v) is 11.1. The van der Waals surface area contributed by atoms with Crippen LogP contribution in [0.4, 0.5) is 13.2 Å². The lowest BCUT2D eigenvalue weighted by atomic mass is 10.2. The van der Waals surface area contributed by atoms with E-state index < -0.39 is 13.0 Å². The molecule has 1 rings (SSSR count). The second kappa shape index (κ2) is 6.56. The van der Waals surface area contributed by atoms with Crippen LogP contribution in [-0.2, 0) is 4.74 Å². The number of rotatable bonds is 5. The Morgan fingerprint density at radius 1 is 1.53 bits per heavy atom. The minimum atomic E-state index is -4.58. The highest BCUT2D eigenvalue weighted by atomic mass is 19.4. The minimum Gasteiger partial charge on any atom is -0.331 e. The third-order valence-electron chi connectivity index (χ3n) is 2.49. The molecule has 106 valence electrons. The smallest absolute Gasteiger partial charge is 0.331 e. The summed E-state index contributed by atoms with van der Waals surface area (Å²) in [4.78, 5) is 4.11. The molecule has 6 heteroatoms. The normalized spacial score (nSPS) is 15.2. The van der Waals surface area contributed by atoms with E-state index in [0.29, 0.717) is 5.57 Å². The van der Waals surface area contributed by atoms with Crippen LogP contribution in [-0.4, -0.2) is 22.5 Å². The average Bonchev–Trinajstić information content (AvgIpc) is 2.71.